The summed E-state index contributed by atoms with van der Waals surface area (Å²) in [7, 11) is 0. The number of rotatable bonds is 7. The maximum atomic E-state index is 13.8. The van der Waals surface area contributed by atoms with E-state index in [1.54, 1.807) is 36.4 Å². The Morgan fingerprint density at radius 2 is 1.77 bits per heavy atom. The molecule has 1 N–H and O–H groups in total. The third-order valence-electron chi connectivity index (χ3n) is 5.70. The highest BCUT2D eigenvalue weighted by atomic mass is 19.1. The second kappa shape index (κ2) is 9.79. The molecule has 1 aromatic heterocycles. The molecule has 2 heterocycles. The molecule has 1 saturated heterocycles. The highest BCUT2D eigenvalue weighted by Gasteiger charge is 2.19. The molecule has 3 aromatic rings. The molecule has 4 rings (SSSR count). The Morgan fingerprint density at radius 1 is 1.00 bits per heavy atom. The van der Waals surface area contributed by atoms with E-state index in [0.29, 0.717) is 17.5 Å². The van der Waals surface area contributed by atoms with Crippen molar-refractivity contribution in [3.05, 3.63) is 89.8 Å². The van der Waals surface area contributed by atoms with E-state index < -0.39 is 5.95 Å². The lowest BCUT2D eigenvalue weighted by Gasteiger charge is -2.23. The predicted molar refractivity (Wildman–Crippen MR) is 117 cm³/mol. The molecular weight excluding hydrogens is 396 g/mol. The van der Waals surface area contributed by atoms with Crippen LogP contribution in [0.15, 0.2) is 66.9 Å². The van der Waals surface area contributed by atoms with Crippen LogP contribution in [0.5, 0.6) is 0 Å². The van der Waals surface area contributed by atoms with Crippen LogP contribution in [-0.4, -0.2) is 35.4 Å². The number of halogens is 2. The number of carbonyl (C=O) groups is 1. The number of hydrogen-bond acceptors (Lipinski definition) is 3. The molecule has 0 bridgehead atoms. The van der Waals surface area contributed by atoms with Gasteiger partial charge in [-0.2, -0.15) is 4.39 Å². The summed E-state index contributed by atoms with van der Waals surface area (Å²) in [4.78, 5) is 18.9. The van der Waals surface area contributed by atoms with E-state index in [-0.39, 0.29) is 17.8 Å². The summed E-state index contributed by atoms with van der Waals surface area (Å²) in [5.41, 5.74) is 2.76. The first-order valence-corrected chi connectivity index (χ1v) is 10.6. The summed E-state index contributed by atoms with van der Waals surface area (Å²) in [5, 5.41) is 3.07. The van der Waals surface area contributed by atoms with Gasteiger partial charge in [-0.3, -0.25) is 4.79 Å². The molecule has 160 valence electrons. The number of hydrogen-bond donors (Lipinski definition) is 1. The van der Waals surface area contributed by atoms with Gasteiger partial charge in [0.15, 0.2) is 0 Å². The zero-order valence-electron chi connectivity index (χ0n) is 17.2. The van der Waals surface area contributed by atoms with Crippen LogP contribution >= 0.6 is 0 Å². The van der Waals surface area contributed by atoms with Crippen LogP contribution in [0.25, 0.3) is 11.1 Å². The van der Waals surface area contributed by atoms with Crippen LogP contribution in [0, 0.1) is 11.8 Å². The van der Waals surface area contributed by atoms with Gasteiger partial charge in [-0.05, 0) is 79.4 Å². The van der Waals surface area contributed by atoms with Crippen LogP contribution < -0.4 is 5.32 Å². The number of nitrogens with zero attached hydrogens (tertiary/aromatic N) is 2. The average molecular weight is 421 g/mol. The molecule has 0 saturated carbocycles. The van der Waals surface area contributed by atoms with Gasteiger partial charge in [0.1, 0.15) is 5.82 Å². The summed E-state index contributed by atoms with van der Waals surface area (Å²) in [6, 6.07) is 16.2. The minimum atomic E-state index is -0.546. The standard InChI is InChI=1S/C25H25F2N3O/c26-22-5-3-4-21(16-22)23(11-15-30-13-1-2-14-30)29-25(31)19-8-6-18(7-9-19)20-10-12-28-24(27)17-20/h3-10,12,16-17,23H,1-2,11,13-15H2,(H,29,31)/t23-/m1/s1. The topological polar surface area (TPSA) is 45.2 Å². The lowest BCUT2D eigenvalue weighted by atomic mass is 10.0. The summed E-state index contributed by atoms with van der Waals surface area (Å²) in [6.45, 7) is 3.00. The summed E-state index contributed by atoms with van der Waals surface area (Å²) < 4.78 is 27.2. The monoisotopic (exact) mass is 421 g/mol. The largest absolute Gasteiger partial charge is 0.345 e. The highest BCUT2D eigenvalue weighted by molar-refractivity contribution is 5.95. The molecule has 1 aliphatic heterocycles. The van der Waals surface area contributed by atoms with Crippen molar-refractivity contribution in [2.24, 2.45) is 0 Å². The minimum absolute atomic E-state index is 0.219. The van der Waals surface area contributed by atoms with Gasteiger partial charge in [-0.25, -0.2) is 9.37 Å². The molecule has 4 nitrogen and oxygen atoms in total. The van der Waals surface area contributed by atoms with E-state index in [9.17, 15) is 13.6 Å². The smallest absolute Gasteiger partial charge is 0.251 e. The molecule has 0 spiro atoms. The first kappa shape index (κ1) is 21.1. The molecule has 1 amide bonds. The maximum absolute atomic E-state index is 13.8. The van der Waals surface area contributed by atoms with Gasteiger partial charge in [-0.15, -0.1) is 0 Å². The molecule has 1 atom stereocenters. The van der Waals surface area contributed by atoms with E-state index in [1.807, 2.05) is 6.07 Å². The first-order chi connectivity index (χ1) is 15.1. The fraction of sp³-hybridized carbons (Fsp3) is 0.280. The molecule has 2 aromatic carbocycles. The maximum Gasteiger partial charge on any atom is 0.251 e. The van der Waals surface area contributed by atoms with Crippen molar-refractivity contribution < 1.29 is 13.6 Å². The van der Waals surface area contributed by atoms with E-state index in [2.05, 4.69) is 15.2 Å². The number of aromatic nitrogens is 1. The molecule has 6 heteroatoms. The Morgan fingerprint density at radius 3 is 2.48 bits per heavy atom. The van der Waals surface area contributed by atoms with Gasteiger partial charge < -0.3 is 10.2 Å². The van der Waals surface area contributed by atoms with Crippen LogP contribution in [0.2, 0.25) is 0 Å². The molecule has 1 fully saturated rings. The SMILES string of the molecule is O=C(N[C@H](CCN1CCCC1)c1cccc(F)c1)c1ccc(-c2ccnc(F)c2)cc1. The van der Waals surface area contributed by atoms with Gasteiger partial charge in [0.25, 0.3) is 5.91 Å². The van der Waals surface area contributed by atoms with Crippen molar-refractivity contribution in [2.75, 3.05) is 19.6 Å². The molecule has 31 heavy (non-hydrogen) atoms. The normalized spacial score (nSPS) is 15.0. The van der Waals surface area contributed by atoms with Crippen molar-refractivity contribution in [3.63, 3.8) is 0 Å². The van der Waals surface area contributed by atoms with Gasteiger partial charge in [0, 0.05) is 24.4 Å². The lowest BCUT2D eigenvalue weighted by molar-refractivity contribution is 0.0932. The van der Waals surface area contributed by atoms with Crippen molar-refractivity contribution in [1.29, 1.82) is 0 Å². The highest BCUT2D eigenvalue weighted by Crippen LogP contribution is 2.22. The Labute approximate surface area is 180 Å². The summed E-state index contributed by atoms with van der Waals surface area (Å²) >= 11 is 0. The first-order valence-electron chi connectivity index (χ1n) is 10.6. The number of pyridine rings is 1. The number of benzene rings is 2. The van der Waals surface area contributed by atoms with Crippen LogP contribution in [-0.2, 0) is 0 Å². The number of likely N-dealkylation sites (tertiary alicyclic amines) is 1. The Bertz CT molecular complexity index is 1030. The van der Waals surface area contributed by atoms with Gasteiger partial charge in [0.2, 0.25) is 5.95 Å². The third-order valence-corrected chi connectivity index (χ3v) is 5.70. The summed E-state index contributed by atoms with van der Waals surface area (Å²) in [5.74, 6) is -1.08. The van der Waals surface area contributed by atoms with Crippen molar-refractivity contribution in [1.82, 2.24) is 15.2 Å². The molecule has 0 unspecified atom stereocenters. The van der Waals surface area contributed by atoms with Gasteiger partial charge >= 0.3 is 0 Å². The van der Waals surface area contributed by atoms with Crippen molar-refractivity contribution >= 4 is 5.91 Å². The zero-order chi connectivity index (χ0) is 21.6. The number of amides is 1. The number of carbonyl (C=O) groups excluding carboxylic acids is 1. The minimum Gasteiger partial charge on any atom is -0.345 e. The molecule has 1 aliphatic rings. The van der Waals surface area contributed by atoms with Gasteiger partial charge in [0.05, 0.1) is 6.04 Å². The van der Waals surface area contributed by atoms with E-state index in [0.717, 1.165) is 30.8 Å². The third kappa shape index (κ3) is 5.52. The zero-order valence-corrected chi connectivity index (χ0v) is 17.2. The average Bonchev–Trinajstić information content (AvgIpc) is 3.30. The predicted octanol–water partition coefficient (Wildman–Crippen LogP) is 4.98. The molecular formula is C25H25F2N3O. The molecule has 0 radical (unpaired) electrons. The fourth-order valence-corrected chi connectivity index (χ4v) is 4.00. The Hall–Kier alpha value is -3.12. The van der Waals surface area contributed by atoms with E-state index in [1.165, 1.54) is 37.2 Å². The van der Waals surface area contributed by atoms with E-state index >= 15 is 0 Å². The Balaban J connectivity index is 1.48. The van der Waals surface area contributed by atoms with E-state index in [4.69, 9.17) is 0 Å². The summed E-state index contributed by atoms with van der Waals surface area (Å²) in [6.07, 6.45) is 4.52. The van der Waals surface area contributed by atoms with Crippen LogP contribution in [0.3, 0.4) is 0 Å². The second-order valence-corrected chi connectivity index (χ2v) is 7.86. The lowest BCUT2D eigenvalue weighted by Crippen LogP contribution is -2.32. The fourth-order valence-electron chi connectivity index (χ4n) is 4.00. The number of nitrogens with one attached hydrogen (secondary N) is 1. The Kier molecular flexibility index (Phi) is 6.67. The quantitative estimate of drug-likeness (QED) is 0.547. The van der Waals surface area contributed by atoms with Gasteiger partial charge in [-0.1, -0.05) is 24.3 Å². The molecule has 0 aliphatic carbocycles. The van der Waals surface area contributed by atoms with Crippen LogP contribution in [0.4, 0.5) is 8.78 Å². The van der Waals surface area contributed by atoms with Crippen molar-refractivity contribution in [2.45, 2.75) is 25.3 Å². The van der Waals surface area contributed by atoms with Crippen molar-refractivity contribution in [3.8, 4) is 11.1 Å². The second-order valence-electron chi connectivity index (χ2n) is 7.86. The van der Waals surface area contributed by atoms with Crippen LogP contribution in [0.1, 0.15) is 41.2 Å².